The topological polar surface area (TPSA) is 112 Å². The number of aromatic nitrogens is 3. The fraction of sp³-hybridized carbons (Fsp3) is 0.318. The van der Waals surface area contributed by atoms with Crippen LogP contribution in [0.15, 0.2) is 53.7 Å². The van der Waals surface area contributed by atoms with Gasteiger partial charge in [0.25, 0.3) is 11.6 Å². The molecule has 9 nitrogen and oxygen atoms in total. The van der Waals surface area contributed by atoms with E-state index in [1.807, 2.05) is 25.5 Å². The Morgan fingerprint density at radius 3 is 2.38 bits per heavy atom. The van der Waals surface area contributed by atoms with E-state index in [9.17, 15) is 14.9 Å². The largest absolute Gasteiger partial charge is 0.497 e. The maximum absolute atomic E-state index is 12.8. The number of non-ortho nitro benzene ring substituents is 1. The molecule has 0 bridgehead atoms. The number of nitro benzene ring substituents is 1. The number of nitro groups is 1. The summed E-state index contributed by atoms with van der Waals surface area (Å²) < 4.78 is 7.01. The Labute approximate surface area is 190 Å². The zero-order chi connectivity index (χ0) is 23.3. The third-order valence-electron chi connectivity index (χ3n) is 4.97. The molecular weight excluding hydrogens is 430 g/mol. The Bertz CT molecular complexity index is 1080. The quantitative estimate of drug-likeness (QED) is 0.293. The van der Waals surface area contributed by atoms with Crippen molar-refractivity contribution < 1.29 is 14.5 Å². The zero-order valence-electron chi connectivity index (χ0n) is 18.3. The lowest BCUT2D eigenvalue weighted by Crippen LogP contribution is -2.33. The first-order chi connectivity index (χ1) is 15.3. The number of rotatable bonds is 9. The van der Waals surface area contributed by atoms with Gasteiger partial charge in [0.15, 0.2) is 11.0 Å². The second-order valence-electron chi connectivity index (χ2n) is 7.54. The van der Waals surface area contributed by atoms with Gasteiger partial charge < -0.3 is 14.6 Å². The van der Waals surface area contributed by atoms with Crippen LogP contribution < -0.4 is 10.1 Å². The summed E-state index contributed by atoms with van der Waals surface area (Å²) in [5.41, 5.74) is 1.54. The Morgan fingerprint density at radius 2 is 1.81 bits per heavy atom. The summed E-state index contributed by atoms with van der Waals surface area (Å²) in [7, 11) is 3.44. The van der Waals surface area contributed by atoms with Gasteiger partial charge in [-0.2, -0.15) is 0 Å². The van der Waals surface area contributed by atoms with Crippen LogP contribution in [0.25, 0.3) is 0 Å². The predicted octanol–water partition coefficient (Wildman–Crippen LogP) is 4.15. The lowest BCUT2D eigenvalue weighted by molar-refractivity contribution is -0.384. The summed E-state index contributed by atoms with van der Waals surface area (Å²) in [6, 6.07) is 13.0. The molecule has 0 aliphatic carbocycles. The maximum atomic E-state index is 12.8. The molecule has 3 rings (SSSR count). The lowest BCUT2D eigenvalue weighted by Gasteiger charge is -2.21. The monoisotopic (exact) mass is 455 g/mol. The van der Waals surface area contributed by atoms with Gasteiger partial charge in [0.1, 0.15) is 5.75 Å². The van der Waals surface area contributed by atoms with Gasteiger partial charge in [-0.15, -0.1) is 10.2 Å². The van der Waals surface area contributed by atoms with Crippen LogP contribution in [0.1, 0.15) is 41.6 Å². The van der Waals surface area contributed by atoms with E-state index >= 15 is 0 Å². The van der Waals surface area contributed by atoms with Crippen LogP contribution in [-0.2, 0) is 12.8 Å². The van der Waals surface area contributed by atoms with Gasteiger partial charge in [0.2, 0.25) is 0 Å². The number of benzene rings is 2. The molecule has 0 unspecified atom stereocenters. The van der Waals surface area contributed by atoms with Crippen molar-refractivity contribution >= 4 is 23.4 Å². The van der Waals surface area contributed by atoms with Gasteiger partial charge in [0.05, 0.1) is 18.1 Å². The standard InChI is InChI=1S/C22H25N5O4S/c1-14(2)19(23-21(28)16-7-11-18(31-4)12-8-16)20-24-25-22(26(20)3)32-13-15-5-9-17(10-6-15)27(29)30/h5-12,14,19H,13H2,1-4H3,(H,23,28)/t19-/m1/s1. The summed E-state index contributed by atoms with van der Waals surface area (Å²) in [6.07, 6.45) is 0. The third kappa shape index (κ3) is 5.44. The van der Waals surface area contributed by atoms with Crippen LogP contribution in [0.2, 0.25) is 0 Å². The van der Waals surface area contributed by atoms with Gasteiger partial charge in [-0.25, -0.2) is 0 Å². The molecule has 1 heterocycles. The fourth-order valence-electron chi connectivity index (χ4n) is 3.08. The minimum absolute atomic E-state index is 0.0621. The molecule has 2 aromatic carbocycles. The van der Waals surface area contributed by atoms with Gasteiger partial charge in [-0.3, -0.25) is 14.9 Å². The molecule has 0 saturated carbocycles. The number of amides is 1. The van der Waals surface area contributed by atoms with E-state index in [0.717, 1.165) is 5.56 Å². The molecule has 168 valence electrons. The van der Waals surface area contributed by atoms with Crippen LogP contribution >= 0.6 is 11.8 Å². The highest BCUT2D eigenvalue weighted by Crippen LogP contribution is 2.27. The van der Waals surface area contributed by atoms with Gasteiger partial charge in [0, 0.05) is 30.5 Å². The highest BCUT2D eigenvalue weighted by atomic mass is 32.2. The van der Waals surface area contributed by atoms with Crippen molar-refractivity contribution in [2.75, 3.05) is 7.11 Å². The second-order valence-corrected chi connectivity index (χ2v) is 8.48. The summed E-state index contributed by atoms with van der Waals surface area (Å²) >= 11 is 1.48. The first-order valence-corrected chi connectivity index (χ1v) is 11.0. The smallest absolute Gasteiger partial charge is 0.269 e. The van der Waals surface area contributed by atoms with Crippen LogP contribution in [0.4, 0.5) is 5.69 Å². The number of thioether (sulfide) groups is 1. The van der Waals surface area contributed by atoms with E-state index in [2.05, 4.69) is 15.5 Å². The second kappa shape index (κ2) is 10.3. The number of carbonyl (C=O) groups excluding carboxylic acids is 1. The Morgan fingerprint density at radius 1 is 1.16 bits per heavy atom. The minimum Gasteiger partial charge on any atom is -0.497 e. The third-order valence-corrected chi connectivity index (χ3v) is 6.06. The van der Waals surface area contributed by atoms with Crippen molar-refractivity contribution in [2.24, 2.45) is 13.0 Å². The van der Waals surface area contributed by atoms with Gasteiger partial charge in [-0.05, 0) is 35.7 Å². The van der Waals surface area contributed by atoms with E-state index in [4.69, 9.17) is 4.74 Å². The summed E-state index contributed by atoms with van der Waals surface area (Å²) in [4.78, 5) is 23.2. The number of hydrogen-bond acceptors (Lipinski definition) is 7. The van der Waals surface area contributed by atoms with E-state index < -0.39 is 4.92 Å². The molecular formula is C22H25N5O4S. The van der Waals surface area contributed by atoms with Crippen molar-refractivity contribution in [3.63, 3.8) is 0 Å². The maximum Gasteiger partial charge on any atom is 0.269 e. The molecule has 0 aliphatic rings. The SMILES string of the molecule is COc1ccc(C(=O)N[C@@H](c2nnc(SCc3ccc([N+](=O)[O-])cc3)n2C)C(C)C)cc1. The average molecular weight is 456 g/mol. The first-order valence-electron chi connectivity index (χ1n) is 10.0. The number of hydrogen-bond donors (Lipinski definition) is 1. The summed E-state index contributed by atoms with van der Waals surface area (Å²) in [5, 5.41) is 23.2. The normalized spacial score (nSPS) is 11.9. The molecule has 32 heavy (non-hydrogen) atoms. The van der Waals surface area contributed by atoms with Crippen molar-refractivity contribution in [3.05, 3.63) is 75.6 Å². The highest BCUT2D eigenvalue weighted by Gasteiger charge is 2.25. The number of carbonyl (C=O) groups is 1. The van der Waals surface area contributed by atoms with E-state index in [1.165, 1.54) is 23.9 Å². The van der Waals surface area contributed by atoms with E-state index in [1.54, 1.807) is 43.5 Å². The molecule has 3 aromatic rings. The molecule has 0 saturated heterocycles. The van der Waals surface area contributed by atoms with Crippen LogP contribution in [-0.4, -0.2) is 32.7 Å². The first kappa shape index (κ1) is 23.3. The Kier molecular flexibility index (Phi) is 7.47. The summed E-state index contributed by atoms with van der Waals surface area (Å²) in [6.45, 7) is 4.02. The summed E-state index contributed by atoms with van der Waals surface area (Å²) in [5.74, 6) is 1.83. The fourth-order valence-corrected chi connectivity index (χ4v) is 3.95. The number of nitrogens with zero attached hydrogens (tertiary/aromatic N) is 4. The van der Waals surface area contributed by atoms with Crippen molar-refractivity contribution in [1.82, 2.24) is 20.1 Å². The van der Waals surface area contributed by atoms with E-state index in [0.29, 0.717) is 28.0 Å². The molecule has 1 amide bonds. The number of nitrogens with one attached hydrogen (secondary N) is 1. The van der Waals surface area contributed by atoms with Crippen LogP contribution in [0.3, 0.4) is 0 Å². The number of methoxy groups -OCH3 is 1. The predicted molar refractivity (Wildman–Crippen MR) is 122 cm³/mol. The molecule has 1 aromatic heterocycles. The molecule has 10 heteroatoms. The lowest BCUT2D eigenvalue weighted by atomic mass is 10.0. The molecule has 0 aliphatic heterocycles. The van der Waals surface area contributed by atoms with Crippen LogP contribution in [0, 0.1) is 16.0 Å². The Hall–Kier alpha value is -3.40. The molecule has 0 radical (unpaired) electrons. The van der Waals surface area contributed by atoms with Gasteiger partial charge in [-0.1, -0.05) is 37.7 Å². The van der Waals surface area contributed by atoms with Crippen LogP contribution in [0.5, 0.6) is 5.75 Å². The Balaban J connectivity index is 1.70. The zero-order valence-corrected chi connectivity index (χ0v) is 19.1. The molecule has 1 N–H and O–H groups in total. The average Bonchev–Trinajstić information content (AvgIpc) is 3.15. The van der Waals surface area contributed by atoms with Crippen molar-refractivity contribution in [1.29, 1.82) is 0 Å². The molecule has 1 atom stereocenters. The van der Waals surface area contributed by atoms with E-state index in [-0.39, 0.29) is 23.6 Å². The van der Waals surface area contributed by atoms with Crippen molar-refractivity contribution in [2.45, 2.75) is 30.8 Å². The molecule has 0 fully saturated rings. The van der Waals surface area contributed by atoms with Crippen molar-refractivity contribution in [3.8, 4) is 5.75 Å². The highest BCUT2D eigenvalue weighted by molar-refractivity contribution is 7.98. The number of ether oxygens (including phenoxy) is 1. The molecule has 0 spiro atoms. The van der Waals surface area contributed by atoms with Gasteiger partial charge >= 0.3 is 0 Å². The minimum atomic E-state index is -0.418.